The molecule has 1 aromatic carbocycles. The van der Waals surface area contributed by atoms with Crippen LogP contribution in [0.25, 0.3) is 11.4 Å². The molecule has 1 amide bonds. The molecule has 2 fully saturated rings. The minimum atomic E-state index is -0.743. The number of ketones is 1. The summed E-state index contributed by atoms with van der Waals surface area (Å²) in [6, 6.07) is 11.8. The third-order valence-electron chi connectivity index (χ3n) is 6.61. The van der Waals surface area contributed by atoms with E-state index in [1.54, 1.807) is 40.6 Å². The number of aliphatic hydroxyl groups is 1. The number of amides is 1. The second-order valence-corrected chi connectivity index (χ2v) is 9.27. The van der Waals surface area contributed by atoms with Gasteiger partial charge in [0.1, 0.15) is 11.3 Å². The molecule has 5 rings (SSSR count). The van der Waals surface area contributed by atoms with E-state index < -0.39 is 17.7 Å². The largest absolute Gasteiger partial charge is 0.505 e. The van der Waals surface area contributed by atoms with Gasteiger partial charge in [0, 0.05) is 37.4 Å². The molecule has 2 aliphatic heterocycles. The fraction of sp³-hybridized carbons (Fsp3) is 0.346. The second kappa shape index (κ2) is 9.81. The zero-order valence-corrected chi connectivity index (χ0v) is 20.2. The number of halogens is 1. The van der Waals surface area contributed by atoms with E-state index in [1.165, 1.54) is 0 Å². The van der Waals surface area contributed by atoms with E-state index in [1.807, 2.05) is 24.3 Å². The van der Waals surface area contributed by atoms with Gasteiger partial charge in [0.2, 0.25) is 0 Å². The quantitative estimate of drug-likeness (QED) is 0.321. The monoisotopic (exact) mass is 494 g/mol. The van der Waals surface area contributed by atoms with Crippen molar-refractivity contribution < 1.29 is 19.4 Å². The Morgan fingerprint density at radius 1 is 1.14 bits per heavy atom. The highest BCUT2D eigenvalue weighted by atomic mass is 35.5. The molecule has 0 unspecified atom stereocenters. The van der Waals surface area contributed by atoms with Crippen LogP contribution >= 0.6 is 11.6 Å². The van der Waals surface area contributed by atoms with Crippen LogP contribution in [0.1, 0.15) is 29.4 Å². The molecule has 1 atom stereocenters. The Morgan fingerprint density at radius 3 is 2.71 bits per heavy atom. The first-order chi connectivity index (χ1) is 17.0. The topological polar surface area (TPSA) is 87.4 Å². The average Bonchev–Trinajstić information content (AvgIpc) is 3.32. The molecule has 2 aliphatic rings. The number of nitrogens with zero attached hydrogens (tertiary/aromatic N) is 4. The van der Waals surface area contributed by atoms with Crippen LogP contribution in [-0.2, 0) is 14.3 Å². The minimum Gasteiger partial charge on any atom is -0.505 e. The van der Waals surface area contributed by atoms with Crippen LogP contribution < -0.4 is 0 Å². The number of hydrogen-bond donors (Lipinski definition) is 1. The molecule has 2 saturated heterocycles. The fourth-order valence-electron chi connectivity index (χ4n) is 4.95. The van der Waals surface area contributed by atoms with Crippen molar-refractivity contribution in [1.82, 2.24) is 19.2 Å². The van der Waals surface area contributed by atoms with E-state index in [-0.39, 0.29) is 11.3 Å². The summed E-state index contributed by atoms with van der Waals surface area (Å²) in [6.07, 6.45) is 2.47. The van der Waals surface area contributed by atoms with Crippen LogP contribution in [0.4, 0.5) is 0 Å². The van der Waals surface area contributed by atoms with Gasteiger partial charge < -0.3 is 14.7 Å². The number of aryl methyl sites for hydroxylation is 1. The van der Waals surface area contributed by atoms with Crippen LogP contribution in [0.2, 0.25) is 5.02 Å². The van der Waals surface area contributed by atoms with Gasteiger partial charge >= 0.3 is 0 Å². The summed E-state index contributed by atoms with van der Waals surface area (Å²) >= 11 is 6.28. The van der Waals surface area contributed by atoms with Crippen molar-refractivity contribution in [3.63, 3.8) is 0 Å². The molecule has 0 bridgehead atoms. The molecular weight excluding hydrogens is 468 g/mol. The molecule has 4 heterocycles. The summed E-state index contributed by atoms with van der Waals surface area (Å²) in [5.74, 6) is -1.56. The predicted octanol–water partition coefficient (Wildman–Crippen LogP) is 3.44. The van der Waals surface area contributed by atoms with E-state index in [0.717, 1.165) is 19.6 Å². The lowest BCUT2D eigenvalue weighted by Crippen LogP contribution is -2.38. The van der Waals surface area contributed by atoms with Gasteiger partial charge in [-0.3, -0.25) is 18.9 Å². The lowest BCUT2D eigenvalue weighted by molar-refractivity contribution is -0.140. The van der Waals surface area contributed by atoms with E-state index in [2.05, 4.69) is 9.88 Å². The zero-order valence-electron chi connectivity index (χ0n) is 19.5. The summed E-state index contributed by atoms with van der Waals surface area (Å²) in [6.45, 7) is 6.05. The summed E-state index contributed by atoms with van der Waals surface area (Å²) in [4.78, 5) is 34.9. The Labute approximate surface area is 208 Å². The van der Waals surface area contributed by atoms with E-state index >= 15 is 0 Å². The van der Waals surface area contributed by atoms with Gasteiger partial charge in [-0.15, -0.1) is 0 Å². The maximum atomic E-state index is 13.3. The number of aromatic nitrogens is 2. The SMILES string of the molecule is Cc1nc2ccccn2c1C(O)=C1C(=O)C(=O)N(CCCN2CCOCC2)[C@H]1c1cccc(Cl)c1. The van der Waals surface area contributed by atoms with E-state index in [4.69, 9.17) is 16.3 Å². The van der Waals surface area contributed by atoms with Crippen molar-refractivity contribution in [2.45, 2.75) is 19.4 Å². The molecule has 1 N–H and O–H groups in total. The second-order valence-electron chi connectivity index (χ2n) is 8.83. The van der Waals surface area contributed by atoms with Gasteiger partial charge in [0.25, 0.3) is 11.7 Å². The molecule has 0 saturated carbocycles. The van der Waals surface area contributed by atoms with Crippen LogP contribution in [0, 0.1) is 6.92 Å². The highest BCUT2D eigenvalue weighted by Gasteiger charge is 2.46. The first-order valence-corrected chi connectivity index (χ1v) is 12.1. The number of carbonyl (C=O) groups is 2. The third-order valence-corrected chi connectivity index (χ3v) is 6.85. The van der Waals surface area contributed by atoms with Crippen LogP contribution in [0.5, 0.6) is 0 Å². The van der Waals surface area contributed by atoms with Gasteiger partial charge in [0.15, 0.2) is 5.76 Å². The minimum absolute atomic E-state index is 0.0531. The number of ether oxygens (including phenoxy) is 1. The average molecular weight is 495 g/mol. The van der Waals surface area contributed by atoms with Gasteiger partial charge in [-0.2, -0.15) is 0 Å². The fourth-order valence-corrected chi connectivity index (χ4v) is 5.15. The predicted molar refractivity (Wildman–Crippen MR) is 132 cm³/mol. The Hall–Kier alpha value is -3.20. The maximum Gasteiger partial charge on any atom is 0.295 e. The zero-order chi connectivity index (χ0) is 24.5. The van der Waals surface area contributed by atoms with Crippen molar-refractivity contribution in [2.24, 2.45) is 0 Å². The molecule has 0 spiro atoms. The number of aliphatic hydroxyl groups excluding tert-OH is 1. The Morgan fingerprint density at radius 2 is 1.94 bits per heavy atom. The molecule has 9 heteroatoms. The Kier molecular flexibility index (Phi) is 6.60. The molecule has 182 valence electrons. The molecule has 0 aliphatic carbocycles. The number of imidazole rings is 1. The number of Topliss-reactive ketones (excluding diaryl/α,β-unsaturated/α-hetero) is 1. The summed E-state index contributed by atoms with van der Waals surface area (Å²) in [7, 11) is 0. The Balaban J connectivity index is 1.55. The first kappa shape index (κ1) is 23.5. The molecular formula is C26H27ClN4O4. The van der Waals surface area contributed by atoms with E-state index in [0.29, 0.717) is 53.8 Å². The third kappa shape index (κ3) is 4.45. The normalized spacial score (nSPS) is 20.7. The van der Waals surface area contributed by atoms with Crippen molar-refractivity contribution in [2.75, 3.05) is 39.4 Å². The lowest BCUT2D eigenvalue weighted by atomic mass is 9.96. The number of likely N-dealkylation sites (tertiary alicyclic amines) is 1. The molecule has 8 nitrogen and oxygen atoms in total. The van der Waals surface area contributed by atoms with E-state index in [9.17, 15) is 14.7 Å². The number of benzene rings is 1. The number of hydrogen-bond acceptors (Lipinski definition) is 6. The van der Waals surface area contributed by atoms with Crippen molar-refractivity contribution >= 4 is 34.7 Å². The number of pyridine rings is 1. The maximum absolute atomic E-state index is 13.3. The Bertz CT molecular complexity index is 1310. The molecule has 2 aromatic heterocycles. The van der Waals surface area contributed by atoms with Gasteiger partial charge in [-0.25, -0.2) is 4.98 Å². The van der Waals surface area contributed by atoms with Crippen molar-refractivity contribution in [1.29, 1.82) is 0 Å². The number of fused-ring (bicyclic) bond motifs is 1. The highest BCUT2D eigenvalue weighted by molar-refractivity contribution is 6.46. The number of morpholine rings is 1. The highest BCUT2D eigenvalue weighted by Crippen LogP contribution is 2.40. The molecule has 3 aromatic rings. The van der Waals surface area contributed by atoms with Crippen LogP contribution in [-0.4, -0.2) is 75.4 Å². The van der Waals surface area contributed by atoms with Gasteiger partial charge in [-0.05, 0) is 43.2 Å². The molecule has 35 heavy (non-hydrogen) atoms. The summed E-state index contributed by atoms with van der Waals surface area (Å²) < 4.78 is 7.14. The smallest absolute Gasteiger partial charge is 0.295 e. The number of rotatable bonds is 6. The summed E-state index contributed by atoms with van der Waals surface area (Å²) in [5, 5.41) is 12.0. The number of carbonyl (C=O) groups excluding carboxylic acids is 2. The van der Waals surface area contributed by atoms with Gasteiger partial charge in [0.05, 0.1) is 30.5 Å². The van der Waals surface area contributed by atoms with Crippen LogP contribution in [0.3, 0.4) is 0 Å². The van der Waals surface area contributed by atoms with Gasteiger partial charge in [-0.1, -0.05) is 29.8 Å². The lowest BCUT2D eigenvalue weighted by Gasteiger charge is -2.29. The first-order valence-electron chi connectivity index (χ1n) is 11.7. The van der Waals surface area contributed by atoms with Crippen molar-refractivity contribution in [3.8, 4) is 0 Å². The standard InChI is InChI=1S/C26H27ClN4O4/c1-17-22(30-10-3-2-8-20(30)28-17)24(32)21-23(18-6-4-7-19(27)16-18)31(26(34)25(21)33)11-5-9-29-12-14-35-15-13-29/h2-4,6-8,10,16,23,32H,5,9,11-15H2,1H3/t23-/m0/s1. The van der Waals surface area contributed by atoms with Crippen LogP contribution in [0.15, 0.2) is 54.2 Å². The van der Waals surface area contributed by atoms with Crippen molar-refractivity contribution in [3.05, 3.63) is 76.2 Å². The summed E-state index contributed by atoms with van der Waals surface area (Å²) in [5.41, 5.74) is 2.34. The molecule has 0 radical (unpaired) electrons.